The lowest BCUT2D eigenvalue weighted by atomic mass is 9.70. The Morgan fingerprint density at radius 3 is 2.43 bits per heavy atom. The van der Waals surface area contributed by atoms with Gasteiger partial charge in [-0.15, -0.1) is 0 Å². The topological polar surface area (TPSA) is 40.5 Å². The molecule has 0 aromatic carbocycles. The number of aliphatic hydroxyl groups excluding tert-OH is 2. The summed E-state index contributed by atoms with van der Waals surface area (Å²) in [7, 11) is 0. The van der Waals surface area contributed by atoms with Crippen molar-refractivity contribution in [2.45, 2.75) is 32.1 Å². The average molecular weight is 196 g/mol. The van der Waals surface area contributed by atoms with Crippen molar-refractivity contribution in [1.29, 1.82) is 0 Å². The van der Waals surface area contributed by atoms with Gasteiger partial charge >= 0.3 is 0 Å². The Morgan fingerprint density at radius 1 is 1.00 bits per heavy atom. The molecule has 3 fully saturated rings. The van der Waals surface area contributed by atoms with E-state index in [2.05, 4.69) is 0 Å². The van der Waals surface area contributed by atoms with E-state index in [1.54, 1.807) is 0 Å². The Hall–Kier alpha value is -0.0800. The normalized spacial score (nSPS) is 48.4. The maximum atomic E-state index is 9.53. The number of fused-ring (bicyclic) bond motifs is 5. The van der Waals surface area contributed by atoms with Crippen LogP contribution in [0.2, 0.25) is 0 Å². The first-order valence-electron chi connectivity index (χ1n) is 6.02. The highest BCUT2D eigenvalue weighted by atomic mass is 16.3. The monoisotopic (exact) mass is 196 g/mol. The summed E-state index contributed by atoms with van der Waals surface area (Å²) in [5, 5.41) is 19.1. The number of aliphatic hydroxyl groups is 2. The molecule has 0 radical (unpaired) electrons. The largest absolute Gasteiger partial charge is 0.396 e. The molecule has 0 saturated heterocycles. The second kappa shape index (κ2) is 2.96. The summed E-state index contributed by atoms with van der Waals surface area (Å²) in [6.45, 7) is 0.405. The Bertz CT molecular complexity index is 234. The van der Waals surface area contributed by atoms with Gasteiger partial charge in [-0.1, -0.05) is 0 Å². The summed E-state index contributed by atoms with van der Waals surface area (Å²) < 4.78 is 0. The average Bonchev–Trinajstić information content (AvgIpc) is 2.90. The van der Waals surface area contributed by atoms with Crippen LogP contribution in [0.15, 0.2) is 0 Å². The quantitative estimate of drug-likeness (QED) is 0.701. The molecule has 0 heterocycles. The molecule has 3 saturated carbocycles. The van der Waals surface area contributed by atoms with E-state index in [9.17, 15) is 10.2 Å². The molecule has 2 N–H and O–H groups in total. The predicted molar refractivity (Wildman–Crippen MR) is 53.6 cm³/mol. The Morgan fingerprint density at radius 2 is 1.71 bits per heavy atom. The van der Waals surface area contributed by atoms with Gasteiger partial charge in [0.15, 0.2) is 0 Å². The third-order valence-corrected chi connectivity index (χ3v) is 5.40. The Labute approximate surface area is 85.3 Å². The molecular weight excluding hydrogens is 176 g/mol. The molecule has 3 rings (SSSR count). The number of rotatable bonds is 2. The first-order valence-corrected chi connectivity index (χ1v) is 6.02. The molecule has 2 heteroatoms. The summed E-state index contributed by atoms with van der Waals surface area (Å²) in [6.07, 6.45) is 6.47. The lowest BCUT2D eigenvalue weighted by Crippen LogP contribution is -2.38. The molecule has 0 aromatic rings. The molecule has 0 spiro atoms. The van der Waals surface area contributed by atoms with Crippen LogP contribution in [0, 0.1) is 29.1 Å². The van der Waals surface area contributed by atoms with E-state index in [0.717, 1.165) is 24.2 Å². The molecule has 14 heavy (non-hydrogen) atoms. The van der Waals surface area contributed by atoms with Gasteiger partial charge in [-0.05, 0) is 55.8 Å². The van der Waals surface area contributed by atoms with Crippen LogP contribution in [0.5, 0.6) is 0 Å². The number of hydrogen-bond donors (Lipinski definition) is 2. The van der Waals surface area contributed by atoms with Crippen molar-refractivity contribution >= 4 is 0 Å². The maximum Gasteiger partial charge on any atom is 0.0512 e. The zero-order chi connectivity index (χ0) is 9.76. The van der Waals surface area contributed by atoms with E-state index >= 15 is 0 Å². The fraction of sp³-hybridized carbons (Fsp3) is 1.00. The summed E-state index contributed by atoms with van der Waals surface area (Å²) in [5.41, 5.74) is -0.107. The van der Waals surface area contributed by atoms with Crippen molar-refractivity contribution in [3.05, 3.63) is 0 Å². The molecule has 2 nitrogen and oxygen atoms in total. The minimum absolute atomic E-state index is 0.107. The molecule has 0 amide bonds. The standard InChI is InChI=1S/C12H20O2/c13-6-12(7-14)4-3-10-8-1-2-9(5-8)11(10)12/h8-11,13-14H,1-7H2. The van der Waals surface area contributed by atoms with Crippen molar-refractivity contribution in [1.82, 2.24) is 0 Å². The highest BCUT2D eigenvalue weighted by Crippen LogP contribution is 2.64. The van der Waals surface area contributed by atoms with Crippen LogP contribution in [0.1, 0.15) is 32.1 Å². The van der Waals surface area contributed by atoms with E-state index < -0.39 is 0 Å². The zero-order valence-corrected chi connectivity index (χ0v) is 8.65. The smallest absolute Gasteiger partial charge is 0.0512 e. The molecule has 4 atom stereocenters. The van der Waals surface area contributed by atoms with Crippen molar-refractivity contribution in [2.75, 3.05) is 13.2 Å². The lowest BCUT2D eigenvalue weighted by Gasteiger charge is -2.37. The van der Waals surface area contributed by atoms with E-state index in [1.165, 1.54) is 25.7 Å². The predicted octanol–water partition coefficient (Wildman–Crippen LogP) is 1.41. The zero-order valence-electron chi connectivity index (χ0n) is 8.65. The summed E-state index contributed by atoms with van der Waals surface area (Å²) in [6, 6.07) is 0. The van der Waals surface area contributed by atoms with Crippen molar-refractivity contribution in [3.63, 3.8) is 0 Å². The van der Waals surface area contributed by atoms with Crippen molar-refractivity contribution in [3.8, 4) is 0 Å². The molecular formula is C12H20O2. The highest BCUT2D eigenvalue weighted by Gasteiger charge is 2.59. The summed E-state index contributed by atoms with van der Waals surface area (Å²) >= 11 is 0. The van der Waals surface area contributed by atoms with Gasteiger partial charge < -0.3 is 10.2 Å². The summed E-state index contributed by atoms with van der Waals surface area (Å²) in [4.78, 5) is 0. The first-order chi connectivity index (χ1) is 6.80. The van der Waals surface area contributed by atoms with Gasteiger partial charge in [0, 0.05) is 5.41 Å². The van der Waals surface area contributed by atoms with E-state index in [0.29, 0.717) is 5.92 Å². The van der Waals surface area contributed by atoms with Crippen LogP contribution in [0.3, 0.4) is 0 Å². The molecule has 4 unspecified atom stereocenters. The van der Waals surface area contributed by atoms with Crippen LogP contribution in [-0.2, 0) is 0 Å². The molecule has 3 aliphatic carbocycles. The van der Waals surface area contributed by atoms with Gasteiger partial charge in [0.05, 0.1) is 13.2 Å². The minimum atomic E-state index is -0.107. The van der Waals surface area contributed by atoms with Crippen LogP contribution in [-0.4, -0.2) is 23.4 Å². The lowest BCUT2D eigenvalue weighted by molar-refractivity contribution is -0.00548. The van der Waals surface area contributed by atoms with Gasteiger partial charge in [0.2, 0.25) is 0 Å². The van der Waals surface area contributed by atoms with Crippen LogP contribution in [0.25, 0.3) is 0 Å². The van der Waals surface area contributed by atoms with E-state index in [-0.39, 0.29) is 18.6 Å². The highest BCUT2D eigenvalue weighted by molar-refractivity contribution is 5.08. The molecule has 80 valence electrons. The molecule has 0 aromatic heterocycles. The summed E-state index contributed by atoms with van der Waals surface area (Å²) in [5.74, 6) is 3.25. The van der Waals surface area contributed by atoms with Crippen molar-refractivity contribution in [2.24, 2.45) is 29.1 Å². The third-order valence-electron chi connectivity index (χ3n) is 5.40. The fourth-order valence-corrected chi connectivity index (χ4v) is 4.82. The second-order valence-corrected chi connectivity index (χ2v) is 5.74. The molecule has 0 aliphatic heterocycles. The minimum Gasteiger partial charge on any atom is -0.396 e. The van der Waals surface area contributed by atoms with Gasteiger partial charge in [-0.3, -0.25) is 0 Å². The van der Waals surface area contributed by atoms with Crippen LogP contribution in [0.4, 0.5) is 0 Å². The maximum absolute atomic E-state index is 9.53. The Balaban J connectivity index is 1.91. The van der Waals surface area contributed by atoms with Gasteiger partial charge in [0.25, 0.3) is 0 Å². The van der Waals surface area contributed by atoms with Gasteiger partial charge in [-0.2, -0.15) is 0 Å². The van der Waals surface area contributed by atoms with Gasteiger partial charge in [-0.25, -0.2) is 0 Å². The Kier molecular flexibility index (Phi) is 1.94. The van der Waals surface area contributed by atoms with E-state index in [4.69, 9.17) is 0 Å². The second-order valence-electron chi connectivity index (χ2n) is 5.74. The number of hydrogen-bond acceptors (Lipinski definition) is 2. The molecule has 2 bridgehead atoms. The SMILES string of the molecule is OCC1(CO)CCC2C3CCC(C3)C21. The first kappa shape index (κ1) is 9.17. The van der Waals surface area contributed by atoms with Crippen LogP contribution >= 0.6 is 0 Å². The van der Waals surface area contributed by atoms with Crippen LogP contribution < -0.4 is 0 Å². The van der Waals surface area contributed by atoms with Gasteiger partial charge in [0.1, 0.15) is 0 Å². The molecule has 3 aliphatic rings. The third kappa shape index (κ3) is 0.938. The van der Waals surface area contributed by atoms with Crippen molar-refractivity contribution < 1.29 is 10.2 Å². The van der Waals surface area contributed by atoms with E-state index in [1.807, 2.05) is 0 Å². The fourth-order valence-electron chi connectivity index (χ4n) is 4.82.